The summed E-state index contributed by atoms with van der Waals surface area (Å²) in [6.45, 7) is 3.12. The van der Waals surface area contributed by atoms with Crippen molar-refractivity contribution >= 4 is 17.2 Å². The van der Waals surface area contributed by atoms with Crippen molar-refractivity contribution < 1.29 is 14.6 Å². The molecular formula is C12H20N2O3S. The second kappa shape index (κ2) is 8.20. The van der Waals surface area contributed by atoms with Crippen molar-refractivity contribution in [3.05, 3.63) is 22.4 Å². The van der Waals surface area contributed by atoms with E-state index in [2.05, 4.69) is 10.6 Å². The van der Waals surface area contributed by atoms with Gasteiger partial charge in [0.2, 0.25) is 5.91 Å². The van der Waals surface area contributed by atoms with Crippen molar-refractivity contribution in [3.8, 4) is 0 Å². The van der Waals surface area contributed by atoms with Crippen LogP contribution in [0.4, 0.5) is 0 Å². The molecule has 1 aromatic heterocycles. The number of nitrogens with one attached hydrogen (secondary N) is 2. The summed E-state index contributed by atoms with van der Waals surface area (Å²) in [6, 6.07) is 3.43. The first-order valence-electron chi connectivity index (χ1n) is 5.86. The molecule has 0 aliphatic rings. The van der Waals surface area contributed by atoms with Gasteiger partial charge in [-0.05, 0) is 18.4 Å². The average Bonchev–Trinajstić information content (AvgIpc) is 2.89. The van der Waals surface area contributed by atoms with Gasteiger partial charge in [0.15, 0.2) is 0 Å². The SMILES string of the molecule is COCCNC(=O)C(C)NCC(O)c1cccs1. The maximum atomic E-state index is 11.6. The molecule has 0 radical (unpaired) electrons. The molecule has 0 saturated heterocycles. The fourth-order valence-corrected chi connectivity index (χ4v) is 2.10. The van der Waals surface area contributed by atoms with Crippen LogP contribution >= 0.6 is 11.3 Å². The standard InChI is InChI=1S/C12H20N2O3S/c1-9(12(16)13-5-6-17-2)14-8-10(15)11-4-3-7-18-11/h3-4,7,9-10,14-15H,5-6,8H2,1-2H3,(H,13,16). The number of aliphatic hydroxyl groups excluding tert-OH is 1. The van der Waals surface area contributed by atoms with Gasteiger partial charge in [-0.2, -0.15) is 0 Å². The number of rotatable bonds is 8. The number of carbonyl (C=O) groups excluding carboxylic acids is 1. The molecule has 102 valence electrons. The van der Waals surface area contributed by atoms with Crippen LogP contribution in [0.2, 0.25) is 0 Å². The van der Waals surface area contributed by atoms with Gasteiger partial charge in [-0.3, -0.25) is 4.79 Å². The normalized spacial score (nSPS) is 14.2. The lowest BCUT2D eigenvalue weighted by atomic mass is 10.2. The van der Waals surface area contributed by atoms with E-state index < -0.39 is 6.10 Å². The van der Waals surface area contributed by atoms with Crippen molar-refractivity contribution in [2.45, 2.75) is 19.1 Å². The Labute approximate surface area is 111 Å². The Bertz CT molecular complexity index is 343. The second-order valence-electron chi connectivity index (χ2n) is 3.94. The number of carbonyl (C=O) groups is 1. The van der Waals surface area contributed by atoms with Crippen molar-refractivity contribution in [2.24, 2.45) is 0 Å². The van der Waals surface area contributed by atoms with Crippen LogP contribution in [0.3, 0.4) is 0 Å². The van der Waals surface area contributed by atoms with Crippen molar-refractivity contribution in [2.75, 3.05) is 26.8 Å². The molecule has 6 heteroatoms. The van der Waals surface area contributed by atoms with Crippen molar-refractivity contribution in [1.29, 1.82) is 0 Å². The molecule has 1 rings (SSSR count). The van der Waals surface area contributed by atoms with Crippen LogP contribution in [0.1, 0.15) is 17.9 Å². The highest BCUT2D eigenvalue weighted by Crippen LogP contribution is 2.17. The summed E-state index contributed by atoms with van der Waals surface area (Å²) >= 11 is 1.50. The van der Waals surface area contributed by atoms with E-state index >= 15 is 0 Å². The summed E-state index contributed by atoms with van der Waals surface area (Å²) in [4.78, 5) is 12.5. The number of amides is 1. The van der Waals surface area contributed by atoms with E-state index in [1.54, 1.807) is 14.0 Å². The molecule has 0 aliphatic carbocycles. The molecule has 2 atom stereocenters. The summed E-state index contributed by atoms with van der Waals surface area (Å²) in [5.41, 5.74) is 0. The molecule has 0 aliphatic heterocycles. The molecule has 0 saturated carbocycles. The minimum Gasteiger partial charge on any atom is -0.386 e. The first kappa shape index (κ1) is 15.1. The Balaban J connectivity index is 2.23. The Morgan fingerprint density at radius 3 is 3.00 bits per heavy atom. The van der Waals surface area contributed by atoms with E-state index in [0.717, 1.165) is 4.88 Å². The van der Waals surface area contributed by atoms with Crippen LogP contribution in [-0.4, -0.2) is 43.9 Å². The molecule has 0 aromatic carbocycles. The predicted octanol–water partition coefficient (Wildman–Crippen LogP) is 0.522. The van der Waals surface area contributed by atoms with Gasteiger partial charge in [0.25, 0.3) is 0 Å². The highest BCUT2D eigenvalue weighted by atomic mass is 32.1. The monoisotopic (exact) mass is 272 g/mol. The molecule has 0 bridgehead atoms. The Morgan fingerprint density at radius 1 is 1.61 bits per heavy atom. The quantitative estimate of drug-likeness (QED) is 0.604. The number of methoxy groups -OCH3 is 1. The number of thiophene rings is 1. The zero-order valence-corrected chi connectivity index (χ0v) is 11.5. The minimum absolute atomic E-state index is 0.0922. The molecule has 5 nitrogen and oxygen atoms in total. The molecule has 1 aromatic rings. The molecule has 0 spiro atoms. The van der Waals surface area contributed by atoms with Gasteiger partial charge in [0.1, 0.15) is 6.10 Å². The van der Waals surface area contributed by atoms with Crippen LogP contribution in [0.25, 0.3) is 0 Å². The highest BCUT2D eigenvalue weighted by molar-refractivity contribution is 7.10. The van der Waals surface area contributed by atoms with Crippen LogP contribution in [0.5, 0.6) is 0 Å². The first-order valence-corrected chi connectivity index (χ1v) is 6.74. The summed E-state index contributed by atoms with van der Waals surface area (Å²) in [6.07, 6.45) is -0.570. The molecule has 1 heterocycles. The maximum absolute atomic E-state index is 11.6. The predicted molar refractivity (Wildman–Crippen MR) is 71.6 cm³/mol. The lowest BCUT2D eigenvalue weighted by Crippen LogP contribution is -2.44. The minimum atomic E-state index is -0.570. The van der Waals surface area contributed by atoms with E-state index in [-0.39, 0.29) is 11.9 Å². The Kier molecular flexibility index (Phi) is 6.89. The van der Waals surface area contributed by atoms with Gasteiger partial charge >= 0.3 is 0 Å². The van der Waals surface area contributed by atoms with E-state index in [1.165, 1.54) is 11.3 Å². The van der Waals surface area contributed by atoms with Crippen LogP contribution < -0.4 is 10.6 Å². The summed E-state index contributed by atoms with van der Waals surface area (Å²) < 4.78 is 4.85. The van der Waals surface area contributed by atoms with Crippen molar-refractivity contribution in [3.63, 3.8) is 0 Å². The van der Waals surface area contributed by atoms with Crippen molar-refractivity contribution in [1.82, 2.24) is 10.6 Å². The topological polar surface area (TPSA) is 70.6 Å². The van der Waals surface area contributed by atoms with Gasteiger partial charge in [0.05, 0.1) is 12.6 Å². The van der Waals surface area contributed by atoms with Gasteiger partial charge < -0.3 is 20.5 Å². The second-order valence-corrected chi connectivity index (χ2v) is 4.92. The fourth-order valence-electron chi connectivity index (χ4n) is 1.39. The zero-order valence-electron chi connectivity index (χ0n) is 10.7. The molecule has 0 fully saturated rings. The van der Waals surface area contributed by atoms with E-state index in [0.29, 0.717) is 19.7 Å². The maximum Gasteiger partial charge on any atom is 0.236 e. The third-order valence-corrected chi connectivity index (χ3v) is 3.46. The van der Waals surface area contributed by atoms with Gasteiger partial charge in [0, 0.05) is 25.1 Å². The first-order chi connectivity index (χ1) is 8.65. The van der Waals surface area contributed by atoms with E-state index in [1.807, 2.05) is 17.5 Å². The number of aliphatic hydroxyl groups is 1. The lowest BCUT2D eigenvalue weighted by Gasteiger charge is -2.16. The lowest BCUT2D eigenvalue weighted by molar-refractivity contribution is -0.123. The average molecular weight is 272 g/mol. The van der Waals surface area contributed by atoms with E-state index in [4.69, 9.17) is 4.74 Å². The van der Waals surface area contributed by atoms with Crippen LogP contribution in [-0.2, 0) is 9.53 Å². The summed E-state index contributed by atoms with van der Waals surface area (Å²) in [5.74, 6) is -0.0922. The molecule has 18 heavy (non-hydrogen) atoms. The smallest absolute Gasteiger partial charge is 0.236 e. The van der Waals surface area contributed by atoms with E-state index in [9.17, 15) is 9.90 Å². The molecule has 2 unspecified atom stereocenters. The fraction of sp³-hybridized carbons (Fsp3) is 0.583. The summed E-state index contributed by atoms with van der Waals surface area (Å²) in [5, 5.41) is 17.5. The number of ether oxygens (including phenoxy) is 1. The number of hydrogen-bond acceptors (Lipinski definition) is 5. The third-order valence-electron chi connectivity index (χ3n) is 2.49. The third kappa shape index (κ3) is 5.14. The number of hydrogen-bond donors (Lipinski definition) is 3. The Hall–Kier alpha value is -0.950. The molecular weight excluding hydrogens is 252 g/mol. The highest BCUT2D eigenvalue weighted by Gasteiger charge is 2.14. The van der Waals surface area contributed by atoms with Crippen LogP contribution in [0, 0.1) is 0 Å². The van der Waals surface area contributed by atoms with Crippen LogP contribution in [0.15, 0.2) is 17.5 Å². The largest absolute Gasteiger partial charge is 0.386 e. The van der Waals surface area contributed by atoms with Gasteiger partial charge in [-0.1, -0.05) is 6.07 Å². The zero-order chi connectivity index (χ0) is 13.4. The Morgan fingerprint density at radius 2 is 2.39 bits per heavy atom. The van der Waals surface area contributed by atoms with Gasteiger partial charge in [-0.25, -0.2) is 0 Å². The summed E-state index contributed by atoms with van der Waals surface area (Å²) in [7, 11) is 1.59. The van der Waals surface area contributed by atoms with Gasteiger partial charge in [-0.15, -0.1) is 11.3 Å². The molecule has 3 N–H and O–H groups in total. The molecule has 1 amide bonds.